The number of fused-ring (bicyclic) bond motifs is 1. The van der Waals surface area contributed by atoms with Crippen molar-refractivity contribution >= 4 is 28.3 Å². The summed E-state index contributed by atoms with van der Waals surface area (Å²) in [5.74, 6) is -0.0972. The zero-order valence-corrected chi connectivity index (χ0v) is 15.8. The second kappa shape index (κ2) is 7.66. The van der Waals surface area contributed by atoms with Gasteiger partial charge in [0.2, 0.25) is 5.91 Å². The van der Waals surface area contributed by atoms with Crippen LogP contribution in [-0.2, 0) is 16.1 Å². The predicted octanol–water partition coefficient (Wildman–Crippen LogP) is 3.32. The molecule has 2 atom stereocenters. The third kappa shape index (κ3) is 3.96. The number of halogens is 1. The molecule has 0 radical (unpaired) electrons. The van der Waals surface area contributed by atoms with Gasteiger partial charge in [0, 0.05) is 24.3 Å². The summed E-state index contributed by atoms with van der Waals surface area (Å²) in [6.07, 6.45) is 4.96. The number of rotatable bonds is 4. The normalized spacial score (nSPS) is 18.6. The van der Waals surface area contributed by atoms with Crippen molar-refractivity contribution in [2.45, 2.75) is 19.6 Å². The maximum absolute atomic E-state index is 12.9. The highest BCUT2D eigenvalue weighted by Crippen LogP contribution is 2.25. The van der Waals surface area contributed by atoms with Gasteiger partial charge in [-0.3, -0.25) is 14.5 Å². The minimum Gasteiger partial charge on any atom is -0.368 e. The molecule has 1 fully saturated rings. The number of pyridine rings is 1. The fraction of sp³-hybridized carbons (Fsp3) is 0.350. The molecule has 1 aliphatic rings. The number of morpholine rings is 1. The summed E-state index contributed by atoms with van der Waals surface area (Å²) in [6, 6.07) is 10.1. The van der Waals surface area contributed by atoms with Gasteiger partial charge in [-0.05, 0) is 11.5 Å². The van der Waals surface area contributed by atoms with Crippen LogP contribution in [-0.4, -0.2) is 45.3 Å². The Morgan fingerprint density at radius 1 is 1.33 bits per heavy atom. The maximum atomic E-state index is 12.9. The van der Waals surface area contributed by atoms with Gasteiger partial charge in [0.25, 0.3) is 0 Å². The van der Waals surface area contributed by atoms with Crippen molar-refractivity contribution < 1.29 is 9.53 Å². The molecule has 3 heterocycles. The van der Waals surface area contributed by atoms with E-state index in [-0.39, 0.29) is 17.9 Å². The Morgan fingerprint density at radius 2 is 2.15 bits per heavy atom. The van der Waals surface area contributed by atoms with Gasteiger partial charge < -0.3 is 9.64 Å². The molecule has 27 heavy (non-hydrogen) atoms. The Balaban J connectivity index is 1.45. The van der Waals surface area contributed by atoms with Gasteiger partial charge >= 0.3 is 0 Å². The third-order valence-electron chi connectivity index (χ3n) is 4.84. The van der Waals surface area contributed by atoms with Crippen molar-refractivity contribution in [1.82, 2.24) is 19.7 Å². The molecule has 0 bridgehead atoms. The summed E-state index contributed by atoms with van der Waals surface area (Å²) in [5, 5.41) is 6.94. The monoisotopic (exact) mass is 384 g/mol. The van der Waals surface area contributed by atoms with E-state index in [1.165, 1.54) is 0 Å². The van der Waals surface area contributed by atoms with Crippen LogP contribution in [0.15, 0.2) is 48.9 Å². The van der Waals surface area contributed by atoms with E-state index in [9.17, 15) is 4.79 Å². The lowest BCUT2D eigenvalue weighted by Crippen LogP contribution is -2.45. The molecule has 0 N–H and O–H groups in total. The van der Waals surface area contributed by atoms with Crippen molar-refractivity contribution in [2.75, 3.05) is 19.7 Å². The summed E-state index contributed by atoms with van der Waals surface area (Å²) in [6.45, 7) is 4.02. The quantitative estimate of drug-likeness (QED) is 0.692. The largest absolute Gasteiger partial charge is 0.368 e. The molecule has 3 aromatic rings. The summed E-state index contributed by atoms with van der Waals surface area (Å²) in [5.41, 5.74) is 0.859. The molecule has 0 saturated carbocycles. The minimum absolute atomic E-state index is 0.0933. The number of carbonyl (C=O) groups is 1. The Bertz CT molecular complexity index is 958. The zero-order chi connectivity index (χ0) is 18.8. The molecule has 0 unspecified atom stereocenters. The van der Waals surface area contributed by atoms with Gasteiger partial charge in [-0.2, -0.15) is 5.10 Å². The van der Waals surface area contributed by atoms with Crippen LogP contribution in [0.4, 0.5) is 0 Å². The Morgan fingerprint density at radius 3 is 2.93 bits per heavy atom. The number of nitrogens with zero attached hydrogens (tertiary/aromatic N) is 4. The van der Waals surface area contributed by atoms with E-state index in [0.29, 0.717) is 31.3 Å². The number of hydrogen-bond acceptors (Lipinski definition) is 4. The molecular formula is C20H21ClN4O2. The molecule has 1 aromatic carbocycles. The molecule has 6 nitrogen and oxygen atoms in total. The topological polar surface area (TPSA) is 60.2 Å². The number of aromatic nitrogens is 3. The lowest BCUT2D eigenvalue weighted by atomic mass is 10.1. The molecule has 1 aliphatic heterocycles. The average molecular weight is 385 g/mol. The summed E-state index contributed by atoms with van der Waals surface area (Å²) >= 11 is 5.90. The lowest BCUT2D eigenvalue weighted by Gasteiger charge is -2.34. The van der Waals surface area contributed by atoms with Gasteiger partial charge in [-0.1, -0.05) is 42.8 Å². The van der Waals surface area contributed by atoms with Crippen LogP contribution in [0.3, 0.4) is 0 Å². The summed E-state index contributed by atoms with van der Waals surface area (Å²) in [7, 11) is 0. The molecule has 140 valence electrons. The number of carbonyl (C=O) groups excluding carboxylic acids is 1. The van der Waals surface area contributed by atoms with Crippen molar-refractivity contribution in [3.63, 3.8) is 0 Å². The van der Waals surface area contributed by atoms with Crippen molar-refractivity contribution in [3.8, 4) is 0 Å². The van der Waals surface area contributed by atoms with Crippen LogP contribution >= 0.6 is 11.6 Å². The van der Waals surface area contributed by atoms with Gasteiger partial charge in [0.1, 0.15) is 6.10 Å². The molecule has 7 heteroatoms. The standard InChI is InChI=1S/C20H21ClN4O2/c1-14(11-25-12-17(21)10-23-25)20(26)24-6-7-27-19(13-24)18-8-15-4-2-3-5-16(15)9-22-18/h2-5,8-10,12,14,19H,6-7,11,13H2,1H3/t14-,19-/m0/s1. The van der Waals surface area contributed by atoms with Gasteiger partial charge in [-0.15, -0.1) is 0 Å². The number of benzene rings is 1. The van der Waals surface area contributed by atoms with E-state index in [0.717, 1.165) is 16.5 Å². The number of ether oxygens (including phenoxy) is 1. The first-order chi connectivity index (χ1) is 13.1. The Kier molecular flexibility index (Phi) is 5.09. The zero-order valence-electron chi connectivity index (χ0n) is 15.1. The second-order valence-electron chi connectivity index (χ2n) is 6.88. The molecule has 1 saturated heterocycles. The van der Waals surface area contributed by atoms with Gasteiger partial charge in [0.05, 0.1) is 42.5 Å². The smallest absolute Gasteiger partial charge is 0.227 e. The SMILES string of the molecule is C[C@@H](Cn1cc(Cl)cn1)C(=O)N1CCO[C@H](c2cc3ccccc3cn2)C1. The maximum Gasteiger partial charge on any atom is 0.227 e. The van der Waals surface area contributed by atoms with E-state index in [2.05, 4.69) is 16.1 Å². The number of amides is 1. The Hall–Kier alpha value is -2.44. The molecule has 0 spiro atoms. The van der Waals surface area contributed by atoms with Crippen LogP contribution in [0.25, 0.3) is 10.8 Å². The summed E-state index contributed by atoms with van der Waals surface area (Å²) in [4.78, 5) is 19.3. The van der Waals surface area contributed by atoms with Crippen molar-refractivity contribution in [3.05, 3.63) is 59.6 Å². The van der Waals surface area contributed by atoms with Crippen LogP contribution in [0, 0.1) is 5.92 Å². The first-order valence-electron chi connectivity index (χ1n) is 9.03. The fourth-order valence-electron chi connectivity index (χ4n) is 3.41. The molecular weight excluding hydrogens is 364 g/mol. The molecule has 2 aromatic heterocycles. The van der Waals surface area contributed by atoms with E-state index in [1.54, 1.807) is 17.1 Å². The highest BCUT2D eigenvalue weighted by atomic mass is 35.5. The average Bonchev–Trinajstić information content (AvgIpc) is 3.11. The fourth-order valence-corrected chi connectivity index (χ4v) is 3.57. The van der Waals surface area contributed by atoms with E-state index >= 15 is 0 Å². The minimum atomic E-state index is -0.210. The van der Waals surface area contributed by atoms with Crippen LogP contribution < -0.4 is 0 Å². The third-order valence-corrected chi connectivity index (χ3v) is 5.04. The van der Waals surface area contributed by atoms with Crippen LogP contribution in [0.2, 0.25) is 5.02 Å². The van der Waals surface area contributed by atoms with Crippen LogP contribution in [0.5, 0.6) is 0 Å². The van der Waals surface area contributed by atoms with Crippen LogP contribution in [0.1, 0.15) is 18.7 Å². The predicted molar refractivity (Wildman–Crippen MR) is 103 cm³/mol. The highest BCUT2D eigenvalue weighted by Gasteiger charge is 2.29. The highest BCUT2D eigenvalue weighted by molar-refractivity contribution is 6.30. The first-order valence-corrected chi connectivity index (χ1v) is 9.41. The molecule has 0 aliphatic carbocycles. The molecule has 4 rings (SSSR count). The number of hydrogen-bond donors (Lipinski definition) is 0. The van der Waals surface area contributed by atoms with Gasteiger partial charge in [-0.25, -0.2) is 0 Å². The van der Waals surface area contributed by atoms with E-state index in [1.807, 2.05) is 42.3 Å². The van der Waals surface area contributed by atoms with E-state index in [4.69, 9.17) is 16.3 Å². The van der Waals surface area contributed by atoms with E-state index < -0.39 is 0 Å². The second-order valence-corrected chi connectivity index (χ2v) is 7.32. The Labute approximate surface area is 162 Å². The summed E-state index contributed by atoms with van der Waals surface area (Å²) < 4.78 is 7.61. The van der Waals surface area contributed by atoms with Gasteiger partial charge in [0.15, 0.2) is 0 Å². The van der Waals surface area contributed by atoms with Crippen molar-refractivity contribution in [2.24, 2.45) is 5.92 Å². The lowest BCUT2D eigenvalue weighted by molar-refractivity contribution is -0.143. The molecule has 1 amide bonds. The first kappa shape index (κ1) is 17.9. The van der Waals surface area contributed by atoms with Crippen molar-refractivity contribution in [1.29, 1.82) is 0 Å².